The maximum atomic E-state index is 11.0. The van der Waals surface area contributed by atoms with Gasteiger partial charge in [0.2, 0.25) is 0 Å². The molecule has 0 aliphatic carbocycles. The number of ether oxygens (including phenoxy) is 1. The summed E-state index contributed by atoms with van der Waals surface area (Å²) >= 11 is 0. The van der Waals surface area contributed by atoms with E-state index in [2.05, 4.69) is 22.3 Å². The Morgan fingerprint density at radius 2 is 1.60 bits per heavy atom. The first-order valence-corrected chi connectivity index (χ1v) is 7.45. The molecule has 0 bridgehead atoms. The number of carbonyl (C=O) groups is 1. The quantitative estimate of drug-likeness (QED) is 0.647. The predicted octanol–water partition coefficient (Wildman–Crippen LogP) is 4.64. The lowest BCUT2D eigenvalue weighted by molar-refractivity contribution is 0.187. The van der Waals surface area contributed by atoms with Gasteiger partial charge >= 0.3 is 6.09 Å². The number of rotatable bonds is 9. The molecule has 112 valence electrons. The van der Waals surface area contributed by atoms with Crippen LogP contribution in [0.3, 0.4) is 0 Å². The molecule has 0 saturated heterocycles. The van der Waals surface area contributed by atoms with Crippen LogP contribution < -0.4 is 10.6 Å². The van der Waals surface area contributed by atoms with Crippen LogP contribution in [0.15, 0.2) is 24.3 Å². The highest BCUT2D eigenvalue weighted by Crippen LogP contribution is 2.14. The standard InChI is InChI=1S/C16H26N2O2/c1-3-4-5-6-7-8-13-17-14-9-11-15(12-10-14)18-16(19)20-2/h9-12,17H,3-8,13H2,1-2H3,(H,18,19). The second kappa shape index (κ2) is 10.1. The third-order valence-corrected chi connectivity index (χ3v) is 3.18. The highest BCUT2D eigenvalue weighted by atomic mass is 16.5. The SMILES string of the molecule is CCCCCCCCNc1ccc(NC(=O)OC)cc1. The van der Waals surface area contributed by atoms with Crippen molar-refractivity contribution in [3.8, 4) is 0 Å². The van der Waals surface area contributed by atoms with Crippen LogP contribution in [-0.2, 0) is 4.74 Å². The van der Waals surface area contributed by atoms with Gasteiger partial charge in [-0.05, 0) is 30.7 Å². The summed E-state index contributed by atoms with van der Waals surface area (Å²) in [6.07, 6.45) is 7.37. The van der Waals surface area contributed by atoms with Gasteiger partial charge in [0.1, 0.15) is 0 Å². The Morgan fingerprint density at radius 3 is 2.25 bits per heavy atom. The molecule has 0 saturated carbocycles. The lowest BCUT2D eigenvalue weighted by Gasteiger charge is -2.08. The molecular formula is C16H26N2O2. The molecule has 2 N–H and O–H groups in total. The van der Waals surface area contributed by atoms with Crippen molar-refractivity contribution in [2.24, 2.45) is 0 Å². The Balaban J connectivity index is 2.16. The van der Waals surface area contributed by atoms with Crippen molar-refractivity contribution in [1.29, 1.82) is 0 Å². The summed E-state index contributed by atoms with van der Waals surface area (Å²) in [7, 11) is 1.35. The first kappa shape index (κ1) is 16.3. The van der Waals surface area contributed by atoms with Crippen molar-refractivity contribution in [1.82, 2.24) is 0 Å². The average Bonchev–Trinajstić information content (AvgIpc) is 2.48. The van der Waals surface area contributed by atoms with Gasteiger partial charge in [-0.2, -0.15) is 0 Å². The largest absolute Gasteiger partial charge is 0.453 e. The Kier molecular flexibility index (Phi) is 8.27. The van der Waals surface area contributed by atoms with E-state index in [4.69, 9.17) is 0 Å². The predicted molar refractivity (Wildman–Crippen MR) is 84.3 cm³/mol. The molecule has 1 aromatic rings. The van der Waals surface area contributed by atoms with Crippen molar-refractivity contribution < 1.29 is 9.53 Å². The van der Waals surface area contributed by atoms with Crippen LogP contribution in [0.5, 0.6) is 0 Å². The number of nitrogens with one attached hydrogen (secondary N) is 2. The van der Waals surface area contributed by atoms with Gasteiger partial charge in [0.25, 0.3) is 0 Å². The molecule has 0 fully saturated rings. The molecule has 20 heavy (non-hydrogen) atoms. The van der Waals surface area contributed by atoms with Gasteiger partial charge in [-0.1, -0.05) is 39.0 Å². The van der Waals surface area contributed by atoms with Crippen molar-refractivity contribution in [2.45, 2.75) is 45.4 Å². The second-order valence-corrected chi connectivity index (χ2v) is 4.89. The fourth-order valence-electron chi connectivity index (χ4n) is 1.98. The van der Waals surface area contributed by atoms with E-state index in [0.29, 0.717) is 0 Å². The zero-order chi connectivity index (χ0) is 14.6. The second-order valence-electron chi connectivity index (χ2n) is 4.89. The maximum Gasteiger partial charge on any atom is 0.411 e. The molecule has 0 heterocycles. The number of methoxy groups -OCH3 is 1. The Morgan fingerprint density at radius 1 is 1.00 bits per heavy atom. The first-order chi connectivity index (χ1) is 9.76. The fraction of sp³-hybridized carbons (Fsp3) is 0.562. The van der Waals surface area contributed by atoms with Gasteiger partial charge in [-0.15, -0.1) is 0 Å². The normalized spacial score (nSPS) is 10.1. The number of unbranched alkanes of at least 4 members (excludes halogenated alkanes) is 5. The molecule has 0 radical (unpaired) electrons. The van der Waals surface area contributed by atoms with E-state index in [1.165, 1.54) is 45.6 Å². The minimum atomic E-state index is -0.446. The van der Waals surface area contributed by atoms with Gasteiger partial charge in [0.05, 0.1) is 7.11 Å². The average molecular weight is 278 g/mol. The van der Waals surface area contributed by atoms with Crippen LogP contribution in [0, 0.1) is 0 Å². The zero-order valence-corrected chi connectivity index (χ0v) is 12.6. The molecule has 4 heteroatoms. The third kappa shape index (κ3) is 7.02. The number of carbonyl (C=O) groups excluding carboxylic acids is 1. The summed E-state index contributed by atoms with van der Waals surface area (Å²) in [5.74, 6) is 0. The summed E-state index contributed by atoms with van der Waals surface area (Å²) < 4.78 is 4.54. The molecule has 1 rings (SSSR count). The van der Waals surface area contributed by atoms with E-state index < -0.39 is 6.09 Å². The number of anilines is 2. The van der Waals surface area contributed by atoms with Crippen LogP contribution in [0.2, 0.25) is 0 Å². The summed E-state index contributed by atoms with van der Waals surface area (Å²) in [5.41, 5.74) is 1.82. The first-order valence-electron chi connectivity index (χ1n) is 7.45. The molecule has 1 aromatic carbocycles. The summed E-state index contributed by atoms with van der Waals surface area (Å²) in [6, 6.07) is 7.64. The minimum Gasteiger partial charge on any atom is -0.453 e. The molecule has 0 atom stereocenters. The molecule has 4 nitrogen and oxygen atoms in total. The van der Waals surface area contributed by atoms with Gasteiger partial charge in [-0.3, -0.25) is 5.32 Å². The highest BCUT2D eigenvalue weighted by molar-refractivity contribution is 5.84. The van der Waals surface area contributed by atoms with E-state index in [1.54, 1.807) is 0 Å². The van der Waals surface area contributed by atoms with Crippen LogP contribution in [0.4, 0.5) is 16.2 Å². The summed E-state index contributed by atoms with van der Waals surface area (Å²) in [4.78, 5) is 11.0. The van der Waals surface area contributed by atoms with Crippen LogP contribution >= 0.6 is 0 Å². The molecule has 0 unspecified atom stereocenters. The van der Waals surface area contributed by atoms with E-state index >= 15 is 0 Å². The van der Waals surface area contributed by atoms with Gasteiger partial charge in [-0.25, -0.2) is 4.79 Å². The summed E-state index contributed by atoms with van der Waals surface area (Å²) in [6.45, 7) is 3.23. The van der Waals surface area contributed by atoms with Crippen LogP contribution in [0.1, 0.15) is 45.4 Å². The van der Waals surface area contributed by atoms with Crippen molar-refractivity contribution >= 4 is 17.5 Å². The number of hydrogen-bond acceptors (Lipinski definition) is 3. The smallest absolute Gasteiger partial charge is 0.411 e. The van der Waals surface area contributed by atoms with Gasteiger partial charge in [0.15, 0.2) is 0 Å². The van der Waals surface area contributed by atoms with Gasteiger partial charge in [0, 0.05) is 17.9 Å². The number of hydrogen-bond donors (Lipinski definition) is 2. The van der Waals surface area contributed by atoms with E-state index in [9.17, 15) is 4.79 Å². The molecule has 0 aliphatic heterocycles. The van der Waals surface area contributed by atoms with Crippen LogP contribution in [0.25, 0.3) is 0 Å². The molecule has 0 aromatic heterocycles. The lowest BCUT2D eigenvalue weighted by Crippen LogP contribution is -2.10. The van der Waals surface area contributed by atoms with Crippen molar-refractivity contribution in [2.75, 3.05) is 24.3 Å². The number of benzene rings is 1. The Bertz CT molecular complexity index is 377. The molecule has 0 spiro atoms. The summed E-state index contributed by atoms with van der Waals surface area (Å²) in [5, 5.41) is 6.01. The van der Waals surface area contributed by atoms with E-state index in [0.717, 1.165) is 17.9 Å². The lowest BCUT2D eigenvalue weighted by atomic mass is 10.1. The zero-order valence-electron chi connectivity index (χ0n) is 12.6. The fourth-order valence-corrected chi connectivity index (χ4v) is 1.98. The monoisotopic (exact) mass is 278 g/mol. The molecule has 1 amide bonds. The van der Waals surface area contributed by atoms with Gasteiger partial charge < -0.3 is 10.1 Å². The Labute approximate surface area is 121 Å². The van der Waals surface area contributed by atoms with Crippen molar-refractivity contribution in [3.05, 3.63) is 24.3 Å². The minimum absolute atomic E-state index is 0.446. The highest BCUT2D eigenvalue weighted by Gasteiger charge is 1.99. The third-order valence-electron chi connectivity index (χ3n) is 3.18. The topological polar surface area (TPSA) is 50.4 Å². The van der Waals surface area contributed by atoms with Crippen LogP contribution in [-0.4, -0.2) is 19.7 Å². The molecular weight excluding hydrogens is 252 g/mol. The van der Waals surface area contributed by atoms with E-state index in [1.807, 2.05) is 24.3 Å². The Hall–Kier alpha value is -1.71. The van der Waals surface area contributed by atoms with Crippen molar-refractivity contribution in [3.63, 3.8) is 0 Å². The maximum absolute atomic E-state index is 11.0. The van der Waals surface area contributed by atoms with E-state index in [-0.39, 0.29) is 0 Å². The number of amides is 1. The molecule has 0 aliphatic rings.